The van der Waals surface area contributed by atoms with Gasteiger partial charge >= 0.3 is 11.8 Å². The number of carbonyl (C=O) groups excluding carboxylic acids is 3. The van der Waals surface area contributed by atoms with E-state index < -0.39 is 11.8 Å². The Morgan fingerprint density at radius 1 is 1.16 bits per heavy atom. The van der Waals surface area contributed by atoms with Crippen molar-refractivity contribution in [2.75, 3.05) is 25.0 Å². The van der Waals surface area contributed by atoms with E-state index >= 15 is 0 Å². The van der Waals surface area contributed by atoms with Crippen molar-refractivity contribution in [1.29, 1.82) is 0 Å². The summed E-state index contributed by atoms with van der Waals surface area (Å²) in [5, 5.41) is 5.30. The van der Waals surface area contributed by atoms with Gasteiger partial charge in [0.05, 0.1) is 0 Å². The van der Waals surface area contributed by atoms with Gasteiger partial charge < -0.3 is 15.5 Å². The van der Waals surface area contributed by atoms with E-state index in [0.29, 0.717) is 31.6 Å². The van der Waals surface area contributed by atoms with Crippen LogP contribution in [0.5, 0.6) is 0 Å². The summed E-state index contributed by atoms with van der Waals surface area (Å²) in [6.07, 6.45) is 2.16. The molecule has 0 saturated carbocycles. The maximum absolute atomic E-state index is 12.1. The van der Waals surface area contributed by atoms with Gasteiger partial charge in [-0.15, -0.1) is 0 Å². The number of hydrogen-bond donors (Lipinski definition) is 2. The Kier molecular flexibility index (Phi) is 6.17. The van der Waals surface area contributed by atoms with Gasteiger partial charge in [-0.05, 0) is 29.9 Å². The molecule has 25 heavy (non-hydrogen) atoms. The van der Waals surface area contributed by atoms with Crippen LogP contribution >= 0.6 is 0 Å². The van der Waals surface area contributed by atoms with Crippen molar-refractivity contribution in [3.8, 4) is 0 Å². The molecule has 0 spiro atoms. The average Bonchev–Trinajstić information content (AvgIpc) is 2.96. The third-order valence-electron chi connectivity index (χ3n) is 4.25. The van der Waals surface area contributed by atoms with Crippen LogP contribution in [0, 0.1) is 0 Å². The molecule has 136 valence electrons. The molecule has 6 heteroatoms. The van der Waals surface area contributed by atoms with Crippen LogP contribution in [0.4, 0.5) is 5.69 Å². The summed E-state index contributed by atoms with van der Waals surface area (Å²) in [5.41, 5.74) is 1.49. The lowest BCUT2D eigenvalue weighted by Crippen LogP contribution is -2.37. The van der Waals surface area contributed by atoms with Crippen molar-refractivity contribution < 1.29 is 14.4 Å². The highest BCUT2D eigenvalue weighted by Crippen LogP contribution is 2.29. The molecule has 1 aromatic carbocycles. The van der Waals surface area contributed by atoms with Crippen molar-refractivity contribution in [1.82, 2.24) is 10.2 Å². The number of anilines is 1. The normalized spacial score (nSPS) is 14.5. The van der Waals surface area contributed by atoms with E-state index in [2.05, 4.69) is 31.4 Å². The molecule has 2 N–H and O–H groups in total. The highest BCUT2D eigenvalue weighted by Gasteiger charge is 2.21. The summed E-state index contributed by atoms with van der Waals surface area (Å²) in [6.45, 7) is 7.94. The second kappa shape index (κ2) is 8.14. The lowest BCUT2D eigenvalue weighted by molar-refractivity contribution is -0.136. The number of hydrogen-bond acceptors (Lipinski definition) is 3. The van der Waals surface area contributed by atoms with E-state index in [9.17, 15) is 14.4 Å². The molecule has 0 radical (unpaired) electrons. The molecule has 0 atom stereocenters. The summed E-state index contributed by atoms with van der Waals surface area (Å²) in [6, 6.07) is 7.48. The molecule has 0 aromatic heterocycles. The number of para-hydroxylation sites is 1. The van der Waals surface area contributed by atoms with Crippen molar-refractivity contribution in [3.63, 3.8) is 0 Å². The summed E-state index contributed by atoms with van der Waals surface area (Å²) < 4.78 is 0. The number of rotatable bonds is 5. The fourth-order valence-corrected chi connectivity index (χ4v) is 2.92. The molecule has 0 unspecified atom stereocenters. The predicted octanol–water partition coefficient (Wildman–Crippen LogP) is 2.05. The molecule has 1 aliphatic heterocycles. The SMILES string of the molecule is CC(C)(C)c1ccccc1NC(=O)C(=O)NCCCN1CCCC1=O. The average molecular weight is 345 g/mol. The Morgan fingerprint density at radius 2 is 1.88 bits per heavy atom. The topological polar surface area (TPSA) is 78.5 Å². The van der Waals surface area contributed by atoms with E-state index in [1.54, 1.807) is 11.0 Å². The van der Waals surface area contributed by atoms with Gasteiger partial charge in [-0.25, -0.2) is 0 Å². The number of likely N-dealkylation sites (tertiary alicyclic amines) is 1. The number of amides is 3. The second-order valence-electron chi connectivity index (χ2n) is 7.34. The highest BCUT2D eigenvalue weighted by molar-refractivity contribution is 6.39. The summed E-state index contributed by atoms with van der Waals surface area (Å²) in [4.78, 5) is 37.4. The van der Waals surface area contributed by atoms with Gasteiger partial charge in [0.15, 0.2) is 0 Å². The Balaban J connectivity index is 1.81. The van der Waals surface area contributed by atoms with E-state index in [4.69, 9.17) is 0 Å². The van der Waals surface area contributed by atoms with E-state index in [0.717, 1.165) is 18.5 Å². The maximum atomic E-state index is 12.1. The molecule has 1 aliphatic rings. The third-order valence-corrected chi connectivity index (χ3v) is 4.25. The molecular formula is C19H27N3O3. The smallest absolute Gasteiger partial charge is 0.313 e. The standard InChI is InChI=1S/C19H27N3O3/c1-19(2,3)14-8-4-5-9-15(14)21-18(25)17(24)20-11-7-13-22-12-6-10-16(22)23/h4-5,8-9H,6-7,10-13H2,1-3H3,(H,20,24)(H,21,25). The number of carbonyl (C=O) groups is 3. The van der Waals surface area contributed by atoms with Gasteiger partial charge in [-0.1, -0.05) is 39.0 Å². The minimum atomic E-state index is -0.672. The van der Waals surface area contributed by atoms with E-state index in [1.807, 2.05) is 18.2 Å². The summed E-state index contributed by atoms with van der Waals surface area (Å²) >= 11 is 0. The predicted molar refractivity (Wildman–Crippen MR) is 97.2 cm³/mol. The lowest BCUT2D eigenvalue weighted by Gasteiger charge is -2.22. The Labute approximate surface area is 149 Å². The minimum Gasteiger partial charge on any atom is -0.348 e. The van der Waals surface area contributed by atoms with Gasteiger partial charge in [0.25, 0.3) is 0 Å². The van der Waals surface area contributed by atoms with Crippen LogP contribution in [0.25, 0.3) is 0 Å². The fraction of sp³-hybridized carbons (Fsp3) is 0.526. The van der Waals surface area contributed by atoms with Gasteiger partial charge in [0.1, 0.15) is 0 Å². The van der Waals surface area contributed by atoms with Gasteiger partial charge in [-0.3, -0.25) is 14.4 Å². The van der Waals surface area contributed by atoms with Gasteiger partial charge in [0, 0.05) is 31.7 Å². The van der Waals surface area contributed by atoms with Crippen molar-refractivity contribution >= 4 is 23.4 Å². The lowest BCUT2D eigenvalue weighted by atomic mass is 9.86. The molecule has 2 rings (SSSR count). The highest BCUT2D eigenvalue weighted by atomic mass is 16.2. The quantitative estimate of drug-likeness (QED) is 0.633. The molecule has 6 nitrogen and oxygen atoms in total. The largest absolute Gasteiger partial charge is 0.348 e. The summed E-state index contributed by atoms with van der Waals surface area (Å²) in [5.74, 6) is -1.16. The number of nitrogens with one attached hydrogen (secondary N) is 2. The van der Waals surface area contributed by atoms with Crippen molar-refractivity contribution in [2.24, 2.45) is 0 Å². The zero-order valence-corrected chi connectivity index (χ0v) is 15.2. The Bertz CT molecular complexity index is 650. The molecule has 0 bridgehead atoms. The molecule has 1 saturated heterocycles. The number of benzene rings is 1. The Hall–Kier alpha value is -2.37. The molecule has 0 aliphatic carbocycles. The molecule has 1 fully saturated rings. The first kappa shape index (κ1) is 19.0. The van der Waals surface area contributed by atoms with Gasteiger partial charge in [-0.2, -0.15) is 0 Å². The Morgan fingerprint density at radius 3 is 2.52 bits per heavy atom. The first-order chi connectivity index (χ1) is 11.8. The van der Waals surface area contributed by atoms with Crippen LogP contribution < -0.4 is 10.6 Å². The minimum absolute atomic E-state index is 0.136. The van der Waals surface area contributed by atoms with Crippen LogP contribution in [0.1, 0.15) is 45.6 Å². The molecular weight excluding hydrogens is 318 g/mol. The third kappa shape index (κ3) is 5.31. The van der Waals surface area contributed by atoms with E-state index in [-0.39, 0.29) is 11.3 Å². The zero-order valence-electron chi connectivity index (χ0n) is 15.2. The monoisotopic (exact) mass is 345 g/mol. The zero-order chi connectivity index (χ0) is 18.4. The summed E-state index contributed by atoms with van der Waals surface area (Å²) in [7, 11) is 0. The van der Waals surface area contributed by atoms with Crippen LogP contribution in [-0.4, -0.2) is 42.3 Å². The van der Waals surface area contributed by atoms with E-state index in [1.165, 1.54) is 0 Å². The fourth-order valence-electron chi connectivity index (χ4n) is 2.92. The number of nitrogens with zero attached hydrogens (tertiary/aromatic N) is 1. The van der Waals surface area contributed by atoms with Crippen molar-refractivity contribution in [3.05, 3.63) is 29.8 Å². The first-order valence-corrected chi connectivity index (χ1v) is 8.75. The van der Waals surface area contributed by atoms with Crippen LogP contribution in [0.2, 0.25) is 0 Å². The maximum Gasteiger partial charge on any atom is 0.313 e. The molecule has 1 heterocycles. The van der Waals surface area contributed by atoms with Crippen molar-refractivity contribution in [2.45, 2.75) is 45.4 Å². The molecule has 1 aromatic rings. The second-order valence-corrected chi connectivity index (χ2v) is 7.34. The van der Waals surface area contributed by atoms with Crippen LogP contribution in [0.3, 0.4) is 0 Å². The van der Waals surface area contributed by atoms with Crippen LogP contribution in [-0.2, 0) is 19.8 Å². The first-order valence-electron chi connectivity index (χ1n) is 8.75. The molecule has 3 amide bonds. The van der Waals surface area contributed by atoms with Crippen LogP contribution in [0.15, 0.2) is 24.3 Å². The van der Waals surface area contributed by atoms with Gasteiger partial charge in [0.2, 0.25) is 5.91 Å².